The third-order valence-electron chi connectivity index (χ3n) is 12.0. The normalized spacial score (nSPS) is 13.1. The molecule has 0 amide bonds. The fourth-order valence-corrected chi connectivity index (χ4v) is 9.28. The molecular formula is C57H35N5O. The second kappa shape index (κ2) is 14.0. The zero-order valence-electron chi connectivity index (χ0n) is 39.4. The van der Waals surface area contributed by atoms with Crippen LogP contribution in [0.1, 0.15) is 8.22 Å². The monoisotopic (exact) mass is 811 g/mol. The van der Waals surface area contributed by atoms with Gasteiger partial charge in [-0.05, 0) is 47.5 Å². The van der Waals surface area contributed by atoms with Crippen molar-refractivity contribution in [3.8, 4) is 56.7 Å². The average Bonchev–Trinajstić information content (AvgIpc) is 4.07. The van der Waals surface area contributed by atoms with Gasteiger partial charge in [0.15, 0.2) is 11.6 Å². The maximum atomic E-state index is 9.66. The third-order valence-corrected chi connectivity index (χ3v) is 12.0. The summed E-state index contributed by atoms with van der Waals surface area (Å²) in [6.45, 7) is 0. The first-order valence-electron chi connectivity index (χ1n) is 23.7. The highest BCUT2D eigenvalue weighted by Crippen LogP contribution is 2.45. The number of nitrogens with zero attached hydrogens (tertiary/aromatic N) is 5. The van der Waals surface area contributed by atoms with Gasteiger partial charge in [-0.2, -0.15) is 9.97 Å². The fraction of sp³-hybridized carbons (Fsp3) is 0. The van der Waals surface area contributed by atoms with Crippen molar-refractivity contribution >= 4 is 65.6 Å². The van der Waals surface area contributed by atoms with Crippen molar-refractivity contribution in [2.75, 3.05) is 0 Å². The molecule has 0 fully saturated rings. The lowest BCUT2D eigenvalue weighted by Crippen LogP contribution is -2.08. The number of hydrogen-bond acceptors (Lipinski definition) is 4. The average molecular weight is 812 g/mol. The van der Waals surface area contributed by atoms with Crippen LogP contribution < -0.4 is 0 Å². The number of furan rings is 1. The number of para-hydroxylation sites is 6. The zero-order chi connectivity index (χ0) is 46.7. The van der Waals surface area contributed by atoms with Crippen LogP contribution in [0.25, 0.3) is 122 Å². The molecule has 0 radical (unpaired) electrons. The highest BCUT2D eigenvalue weighted by atomic mass is 16.3. The molecule has 0 spiro atoms. The largest absolute Gasteiger partial charge is 0.455 e. The third kappa shape index (κ3) is 5.41. The van der Waals surface area contributed by atoms with E-state index in [1.165, 1.54) is 6.07 Å². The van der Waals surface area contributed by atoms with E-state index in [4.69, 9.17) is 23.5 Å². The van der Waals surface area contributed by atoms with Gasteiger partial charge in [0.1, 0.15) is 11.2 Å². The molecule has 0 saturated carbocycles. The van der Waals surface area contributed by atoms with Crippen molar-refractivity contribution in [2.45, 2.75) is 0 Å². The van der Waals surface area contributed by atoms with Gasteiger partial charge >= 0.3 is 0 Å². The Morgan fingerprint density at radius 1 is 0.381 bits per heavy atom. The van der Waals surface area contributed by atoms with E-state index in [1.54, 1.807) is 0 Å². The first kappa shape index (κ1) is 29.6. The van der Waals surface area contributed by atoms with Crippen molar-refractivity contribution in [2.24, 2.45) is 0 Å². The van der Waals surface area contributed by atoms with Crippen LogP contribution in [0.4, 0.5) is 0 Å². The highest BCUT2D eigenvalue weighted by molar-refractivity contribution is 6.16. The van der Waals surface area contributed by atoms with Crippen molar-refractivity contribution < 1.29 is 12.6 Å². The summed E-state index contributed by atoms with van der Waals surface area (Å²) in [6, 6.07) is 56.3. The molecule has 6 nitrogen and oxygen atoms in total. The standard InChI is InChI=1S/C57H35N5O/c1-3-18-36(19-4-1)38-26-17-34-50-52(38)45-25-9-13-33-49(45)62(50)57-59-55(37-20-5-2-6-21-37)58-56(60-57)46-30-15-27-42(44-29-16-28-43-41-24-10-14-35-51(41)63-54(43)44)53(46)61-47-31-11-7-22-39(47)40-23-8-12-32-48(40)61/h1-35H/i10D,16D,24D,28D,29D,35D. The summed E-state index contributed by atoms with van der Waals surface area (Å²) >= 11 is 0. The summed E-state index contributed by atoms with van der Waals surface area (Å²) in [4.78, 5) is 16.0. The van der Waals surface area contributed by atoms with E-state index in [0.717, 1.165) is 60.3 Å². The molecule has 0 aliphatic rings. The van der Waals surface area contributed by atoms with E-state index in [1.807, 2.05) is 115 Å². The van der Waals surface area contributed by atoms with E-state index in [2.05, 4.69) is 63.7 Å². The molecule has 9 aromatic carbocycles. The Balaban J connectivity index is 1.19. The molecule has 0 aliphatic carbocycles. The summed E-state index contributed by atoms with van der Waals surface area (Å²) in [5.74, 6) is 1.15. The molecule has 0 bridgehead atoms. The molecular weight excluding hydrogens is 771 g/mol. The second-order valence-electron chi connectivity index (χ2n) is 15.5. The number of aromatic nitrogens is 5. The molecule has 4 heterocycles. The Labute approximate surface area is 370 Å². The maximum Gasteiger partial charge on any atom is 0.238 e. The van der Waals surface area contributed by atoms with Crippen LogP contribution in [0.3, 0.4) is 0 Å². The molecule has 294 valence electrons. The first-order valence-corrected chi connectivity index (χ1v) is 20.7. The first-order chi connectivity index (χ1) is 33.8. The van der Waals surface area contributed by atoms with Crippen molar-refractivity contribution in [1.82, 2.24) is 24.1 Å². The van der Waals surface area contributed by atoms with E-state index in [0.29, 0.717) is 34.4 Å². The molecule has 13 aromatic rings. The van der Waals surface area contributed by atoms with Crippen LogP contribution in [0.5, 0.6) is 0 Å². The summed E-state index contributed by atoms with van der Waals surface area (Å²) in [5.41, 5.74) is 8.37. The van der Waals surface area contributed by atoms with Gasteiger partial charge in [-0.3, -0.25) is 4.57 Å². The number of fused-ring (bicyclic) bond motifs is 9. The lowest BCUT2D eigenvalue weighted by atomic mass is 9.97. The molecule has 4 aromatic heterocycles. The smallest absolute Gasteiger partial charge is 0.238 e. The summed E-state index contributed by atoms with van der Waals surface area (Å²) < 4.78 is 65.1. The van der Waals surface area contributed by atoms with Crippen LogP contribution in [-0.2, 0) is 0 Å². The minimum atomic E-state index is -0.380. The predicted molar refractivity (Wildman–Crippen MR) is 258 cm³/mol. The van der Waals surface area contributed by atoms with Crippen LogP contribution in [-0.4, -0.2) is 24.1 Å². The van der Waals surface area contributed by atoms with Gasteiger partial charge in [0.05, 0.1) is 36.0 Å². The van der Waals surface area contributed by atoms with Crippen molar-refractivity contribution in [3.63, 3.8) is 0 Å². The van der Waals surface area contributed by atoms with E-state index in [-0.39, 0.29) is 63.8 Å². The van der Waals surface area contributed by atoms with Gasteiger partial charge < -0.3 is 8.98 Å². The fourth-order valence-electron chi connectivity index (χ4n) is 9.28. The number of benzene rings is 9. The Morgan fingerprint density at radius 2 is 0.968 bits per heavy atom. The van der Waals surface area contributed by atoms with Gasteiger partial charge in [-0.1, -0.05) is 176 Å². The van der Waals surface area contributed by atoms with Crippen LogP contribution in [0.15, 0.2) is 217 Å². The molecule has 6 heteroatoms. The molecule has 13 rings (SSSR count). The number of rotatable bonds is 6. The summed E-state index contributed by atoms with van der Waals surface area (Å²) in [6.07, 6.45) is 0. The van der Waals surface area contributed by atoms with Crippen LogP contribution >= 0.6 is 0 Å². The summed E-state index contributed by atoms with van der Waals surface area (Å²) in [7, 11) is 0. The predicted octanol–water partition coefficient (Wildman–Crippen LogP) is 14.6. The summed E-state index contributed by atoms with van der Waals surface area (Å²) in [5, 5.41) is 4.25. The van der Waals surface area contributed by atoms with Gasteiger partial charge in [-0.15, -0.1) is 0 Å². The van der Waals surface area contributed by atoms with Gasteiger partial charge in [0.25, 0.3) is 0 Å². The van der Waals surface area contributed by atoms with E-state index >= 15 is 0 Å². The lowest BCUT2D eigenvalue weighted by Gasteiger charge is -2.19. The van der Waals surface area contributed by atoms with Gasteiger partial charge in [-0.25, -0.2) is 4.98 Å². The second-order valence-corrected chi connectivity index (χ2v) is 15.5. The molecule has 63 heavy (non-hydrogen) atoms. The Kier molecular flexibility index (Phi) is 6.56. The number of hydrogen-bond donors (Lipinski definition) is 0. The Morgan fingerprint density at radius 3 is 1.73 bits per heavy atom. The molecule has 0 unspecified atom stereocenters. The Hall–Kier alpha value is -8.61. The minimum Gasteiger partial charge on any atom is -0.455 e. The van der Waals surface area contributed by atoms with Crippen LogP contribution in [0.2, 0.25) is 0 Å². The molecule has 0 atom stereocenters. The SMILES string of the molecule is [2H]c1cc([2H])c2oc3c(-c4cccc(-c5nc(-c6ccccc6)nc(-n6c7ccccc7c7c(-c8ccccc8)cccc76)n5)c4-n4c5ccccc5c5ccccc54)c([2H])c([2H])c([2H])c3c2c1[2H]. The molecule has 0 saturated heterocycles. The van der Waals surface area contributed by atoms with Crippen LogP contribution in [0, 0.1) is 0 Å². The minimum absolute atomic E-state index is 0.0107. The Bertz CT molecular complexity index is 4220. The highest BCUT2D eigenvalue weighted by Gasteiger charge is 2.25. The topological polar surface area (TPSA) is 61.7 Å². The quantitative estimate of drug-likeness (QED) is 0.168. The van der Waals surface area contributed by atoms with E-state index < -0.39 is 0 Å². The van der Waals surface area contributed by atoms with Gasteiger partial charge in [0.2, 0.25) is 5.95 Å². The maximum absolute atomic E-state index is 9.66. The van der Waals surface area contributed by atoms with Gasteiger partial charge in [0, 0.05) is 54.6 Å². The van der Waals surface area contributed by atoms with E-state index in [9.17, 15) is 4.11 Å². The molecule has 0 N–H and O–H groups in total. The lowest BCUT2D eigenvalue weighted by molar-refractivity contribution is 0.670. The van der Waals surface area contributed by atoms with Crippen molar-refractivity contribution in [3.05, 3.63) is 212 Å². The zero-order valence-corrected chi connectivity index (χ0v) is 33.4. The van der Waals surface area contributed by atoms with Crippen molar-refractivity contribution in [1.29, 1.82) is 0 Å². The molecule has 0 aliphatic heterocycles.